The Labute approximate surface area is 136 Å². The molecule has 0 saturated heterocycles. The molecule has 1 N–H and O–H groups in total. The van der Waals surface area contributed by atoms with Crippen LogP contribution in [0.15, 0.2) is 30.5 Å². The van der Waals surface area contributed by atoms with Crippen LogP contribution in [0.3, 0.4) is 0 Å². The number of benzene rings is 1. The van der Waals surface area contributed by atoms with Gasteiger partial charge in [-0.15, -0.1) is 0 Å². The van der Waals surface area contributed by atoms with Crippen LogP contribution in [0.2, 0.25) is 0 Å². The Hall–Kier alpha value is -2.61. The zero-order chi connectivity index (χ0) is 17.0. The predicted octanol–water partition coefficient (Wildman–Crippen LogP) is 3.04. The van der Waals surface area contributed by atoms with Crippen LogP contribution in [0.1, 0.15) is 13.8 Å². The van der Waals surface area contributed by atoms with Crippen molar-refractivity contribution in [2.75, 3.05) is 18.1 Å². The van der Waals surface area contributed by atoms with Gasteiger partial charge in [-0.05, 0) is 32.0 Å². The van der Waals surface area contributed by atoms with Crippen LogP contribution in [0.5, 0.6) is 5.19 Å². The van der Waals surface area contributed by atoms with E-state index < -0.39 is 12.1 Å². The summed E-state index contributed by atoms with van der Waals surface area (Å²) in [7, 11) is 0. The van der Waals surface area contributed by atoms with Gasteiger partial charge in [-0.3, -0.25) is 0 Å². The standard InChI is InChI=1S/C15H16N2O5S/c1-4-21-13(18)9(3)17(15(20)22-5-2)10-6-7-11-12(8-10)23-14(19)16-11/h6-8H,3-5H2,1-2H3,(H,16,19). The van der Waals surface area contributed by atoms with Gasteiger partial charge in [0.05, 0.1) is 29.1 Å². The van der Waals surface area contributed by atoms with Crippen molar-refractivity contribution < 1.29 is 24.2 Å². The van der Waals surface area contributed by atoms with E-state index in [9.17, 15) is 14.7 Å². The zero-order valence-electron chi connectivity index (χ0n) is 12.7. The maximum absolute atomic E-state index is 12.2. The normalized spacial score (nSPS) is 10.3. The molecule has 1 aromatic carbocycles. The smallest absolute Gasteiger partial charge is 0.419 e. The number of thiazole rings is 1. The Morgan fingerprint density at radius 1 is 1.30 bits per heavy atom. The predicted molar refractivity (Wildman–Crippen MR) is 86.6 cm³/mol. The van der Waals surface area contributed by atoms with E-state index in [1.807, 2.05) is 0 Å². The molecule has 1 amide bonds. The molecule has 0 bridgehead atoms. The van der Waals surface area contributed by atoms with Crippen molar-refractivity contribution in [2.45, 2.75) is 13.8 Å². The molecule has 0 aliphatic carbocycles. The third kappa shape index (κ3) is 3.59. The molecular formula is C15H16N2O5S. The second-order valence-corrected chi connectivity index (χ2v) is 5.36. The van der Waals surface area contributed by atoms with Crippen molar-refractivity contribution in [1.29, 1.82) is 0 Å². The molecule has 0 saturated carbocycles. The summed E-state index contributed by atoms with van der Waals surface area (Å²) in [5, 5.41) is 9.38. The molecule has 0 aliphatic heterocycles. The van der Waals surface area contributed by atoms with Crippen LogP contribution in [0, 0.1) is 0 Å². The van der Waals surface area contributed by atoms with E-state index in [0.29, 0.717) is 15.9 Å². The average molecular weight is 336 g/mol. The SMILES string of the molecule is C=C(C(=O)OCC)N(C(=O)OCC)c1ccc2nc(O)sc2c1. The van der Waals surface area contributed by atoms with Crippen LogP contribution >= 0.6 is 11.3 Å². The number of rotatable bonds is 5. The van der Waals surface area contributed by atoms with Crippen molar-refractivity contribution in [3.63, 3.8) is 0 Å². The lowest BCUT2D eigenvalue weighted by Gasteiger charge is -2.22. The molecule has 0 spiro atoms. The number of amides is 1. The van der Waals surface area contributed by atoms with E-state index in [-0.39, 0.29) is 24.1 Å². The third-order valence-electron chi connectivity index (χ3n) is 2.85. The highest BCUT2D eigenvalue weighted by Crippen LogP contribution is 2.31. The van der Waals surface area contributed by atoms with Gasteiger partial charge in [0.2, 0.25) is 0 Å². The molecule has 0 aliphatic rings. The van der Waals surface area contributed by atoms with Gasteiger partial charge < -0.3 is 14.6 Å². The summed E-state index contributed by atoms with van der Waals surface area (Å²) in [6.07, 6.45) is -0.737. The van der Waals surface area contributed by atoms with Gasteiger partial charge in [-0.25, -0.2) is 19.5 Å². The number of hydrogen-bond donors (Lipinski definition) is 1. The fraction of sp³-hybridized carbons (Fsp3) is 0.267. The van der Waals surface area contributed by atoms with Crippen LogP contribution in [-0.2, 0) is 14.3 Å². The number of ether oxygens (including phenoxy) is 2. The Kier molecular flexibility index (Phi) is 5.17. The van der Waals surface area contributed by atoms with Crippen molar-refractivity contribution in [3.8, 4) is 5.19 Å². The van der Waals surface area contributed by atoms with Crippen molar-refractivity contribution in [1.82, 2.24) is 4.98 Å². The molecule has 122 valence electrons. The number of nitrogens with zero attached hydrogens (tertiary/aromatic N) is 2. The minimum Gasteiger partial charge on any atom is -0.486 e. The molecular weight excluding hydrogens is 320 g/mol. The van der Waals surface area contributed by atoms with Gasteiger partial charge in [0, 0.05) is 0 Å². The molecule has 0 radical (unpaired) electrons. The Morgan fingerprint density at radius 3 is 2.65 bits per heavy atom. The van der Waals surface area contributed by atoms with Gasteiger partial charge in [0.15, 0.2) is 0 Å². The lowest BCUT2D eigenvalue weighted by molar-refractivity contribution is -0.138. The van der Waals surface area contributed by atoms with Crippen LogP contribution in [0.25, 0.3) is 10.2 Å². The number of aromatic hydroxyl groups is 1. The zero-order valence-corrected chi connectivity index (χ0v) is 13.6. The lowest BCUT2D eigenvalue weighted by atomic mass is 10.2. The third-order valence-corrected chi connectivity index (χ3v) is 3.67. The van der Waals surface area contributed by atoms with Crippen molar-refractivity contribution >= 4 is 39.3 Å². The Morgan fingerprint density at radius 2 is 2.00 bits per heavy atom. The number of aromatic nitrogens is 1. The second-order valence-electron chi connectivity index (χ2n) is 4.35. The summed E-state index contributed by atoms with van der Waals surface area (Å²) < 4.78 is 10.5. The number of carbonyl (C=O) groups is 2. The van der Waals surface area contributed by atoms with Gasteiger partial charge in [-0.2, -0.15) is 0 Å². The molecule has 2 rings (SSSR count). The van der Waals surface area contributed by atoms with Gasteiger partial charge in [0.1, 0.15) is 5.70 Å². The van der Waals surface area contributed by atoms with Gasteiger partial charge in [-0.1, -0.05) is 17.9 Å². The number of fused-ring (bicyclic) bond motifs is 1. The van der Waals surface area contributed by atoms with Crippen LogP contribution < -0.4 is 4.90 Å². The molecule has 8 heteroatoms. The van der Waals surface area contributed by atoms with Crippen LogP contribution in [-0.4, -0.2) is 35.4 Å². The number of hydrogen-bond acceptors (Lipinski definition) is 7. The topological polar surface area (TPSA) is 89.0 Å². The summed E-state index contributed by atoms with van der Waals surface area (Å²) in [6, 6.07) is 4.84. The molecule has 0 unspecified atom stereocenters. The first kappa shape index (κ1) is 16.8. The fourth-order valence-electron chi connectivity index (χ4n) is 1.91. The average Bonchev–Trinajstić information content (AvgIpc) is 2.87. The van der Waals surface area contributed by atoms with Gasteiger partial charge in [0.25, 0.3) is 5.19 Å². The summed E-state index contributed by atoms with van der Waals surface area (Å²) in [4.78, 5) is 29.1. The highest BCUT2D eigenvalue weighted by Gasteiger charge is 2.26. The molecule has 1 heterocycles. The van der Waals surface area contributed by atoms with E-state index >= 15 is 0 Å². The molecule has 1 aromatic heterocycles. The number of carbonyl (C=O) groups excluding carboxylic acids is 2. The molecule has 0 fully saturated rings. The first-order chi connectivity index (χ1) is 11.0. The first-order valence-electron chi connectivity index (χ1n) is 6.90. The summed E-state index contributed by atoms with van der Waals surface area (Å²) in [5.74, 6) is -0.715. The van der Waals surface area contributed by atoms with E-state index in [0.717, 1.165) is 16.2 Å². The Bertz CT molecular complexity index is 755. The van der Waals surface area contributed by atoms with Gasteiger partial charge >= 0.3 is 12.1 Å². The van der Waals surface area contributed by atoms with E-state index in [1.165, 1.54) is 0 Å². The van der Waals surface area contributed by atoms with E-state index in [4.69, 9.17) is 9.47 Å². The number of anilines is 1. The monoisotopic (exact) mass is 336 g/mol. The maximum Gasteiger partial charge on any atom is 0.419 e. The summed E-state index contributed by atoms with van der Waals surface area (Å²) >= 11 is 1.06. The summed E-state index contributed by atoms with van der Waals surface area (Å²) in [6.45, 7) is 7.26. The Balaban J connectivity index is 2.43. The highest BCUT2D eigenvalue weighted by atomic mass is 32.1. The fourth-order valence-corrected chi connectivity index (χ4v) is 2.64. The molecule has 7 nitrogen and oxygen atoms in total. The minimum absolute atomic E-state index is 0.0796. The molecule has 0 atom stereocenters. The van der Waals surface area contributed by atoms with Crippen molar-refractivity contribution in [3.05, 3.63) is 30.5 Å². The largest absolute Gasteiger partial charge is 0.486 e. The number of esters is 1. The van der Waals surface area contributed by atoms with E-state index in [2.05, 4.69) is 11.6 Å². The quantitative estimate of drug-likeness (QED) is 0.667. The van der Waals surface area contributed by atoms with E-state index in [1.54, 1.807) is 32.0 Å². The maximum atomic E-state index is 12.2. The lowest BCUT2D eigenvalue weighted by Crippen LogP contribution is -2.34. The summed E-state index contributed by atoms with van der Waals surface area (Å²) in [5.41, 5.74) is 0.804. The second kappa shape index (κ2) is 7.10. The highest BCUT2D eigenvalue weighted by molar-refractivity contribution is 7.20. The molecule has 2 aromatic rings. The first-order valence-corrected chi connectivity index (χ1v) is 7.72. The minimum atomic E-state index is -0.737. The van der Waals surface area contributed by atoms with Crippen molar-refractivity contribution in [2.24, 2.45) is 0 Å². The van der Waals surface area contributed by atoms with Crippen LogP contribution in [0.4, 0.5) is 10.5 Å². The molecule has 23 heavy (non-hydrogen) atoms.